The summed E-state index contributed by atoms with van der Waals surface area (Å²) >= 11 is 0. The number of hydrogen-bond donors (Lipinski definition) is 1. The number of nitrogens with zero attached hydrogens (tertiary/aromatic N) is 3. The third-order valence-corrected chi connectivity index (χ3v) is 4.13. The summed E-state index contributed by atoms with van der Waals surface area (Å²) < 4.78 is 7.80. The van der Waals surface area contributed by atoms with Crippen molar-refractivity contribution in [2.24, 2.45) is 5.73 Å². The third-order valence-electron chi connectivity index (χ3n) is 4.13. The molecule has 2 unspecified atom stereocenters. The van der Waals surface area contributed by atoms with Gasteiger partial charge in [0.05, 0.1) is 24.4 Å². The van der Waals surface area contributed by atoms with Crippen LogP contribution in [0.4, 0.5) is 0 Å². The first-order chi connectivity index (χ1) is 9.63. The molecule has 2 rings (SSSR count). The number of rotatable bonds is 6. The first kappa shape index (κ1) is 15.5. The Balaban J connectivity index is 1.93. The fourth-order valence-electron chi connectivity index (χ4n) is 2.75. The lowest BCUT2D eigenvalue weighted by Gasteiger charge is -2.34. The van der Waals surface area contributed by atoms with E-state index in [2.05, 4.69) is 35.7 Å². The minimum atomic E-state index is 0.0833. The maximum absolute atomic E-state index is 5.93. The Hall–Kier alpha value is -0.910. The molecule has 2 heterocycles. The Labute approximate surface area is 122 Å². The van der Waals surface area contributed by atoms with Crippen molar-refractivity contribution in [3.8, 4) is 0 Å². The minimum Gasteiger partial charge on any atom is -0.374 e. The predicted octanol–water partition coefficient (Wildman–Crippen LogP) is 1.79. The molecule has 1 aromatic heterocycles. The van der Waals surface area contributed by atoms with E-state index in [1.165, 1.54) is 0 Å². The van der Waals surface area contributed by atoms with E-state index < -0.39 is 0 Å². The first-order valence-electron chi connectivity index (χ1n) is 7.77. The Morgan fingerprint density at radius 1 is 1.45 bits per heavy atom. The number of hydrogen-bond acceptors (Lipinski definition) is 4. The second-order valence-electron chi connectivity index (χ2n) is 5.76. The molecule has 0 radical (unpaired) electrons. The van der Waals surface area contributed by atoms with E-state index >= 15 is 0 Å². The van der Waals surface area contributed by atoms with Gasteiger partial charge in [-0.2, -0.15) is 5.10 Å². The van der Waals surface area contributed by atoms with Crippen LogP contribution in [0.3, 0.4) is 0 Å². The Kier molecular flexibility index (Phi) is 5.57. The van der Waals surface area contributed by atoms with E-state index in [1.807, 2.05) is 6.92 Å². The highest BCUT2D eigenvalue weighted by molar-refractivity contribution is 5.00. The molecule has 2 atom stereocenters. The third kappa shape index (κ3) is 3.81. The lowest BCUT2D eigenvalue weighted by Crippen LogP contribution is -2.49. The summed E-state index contributed by atoms with van der Waals surface area (Å²) in [7, 11) is 0. The van der Waals surface area contributed by atoms with Gasteiger partial charge in [0.15, 0.2) is 0 Å². The van der Waals surface area contributed by atoms with Crippen LogP contribution in [0, 0.1) is 0 Å². The molecule has 1 fully saturated rings. The average Bonchev–Trinajstić information content (AvgIpc) is 2.89. The largest absolute Gasteiger partial charge is 0.374 e. The second-order valence-corrected chi connectivity index (χ2v) is 5.76. The van der Waals surface area contributed by atoms with Gasteiger partial charge in [0, 0.05) is 31.9 Å². The molecule has 1 aromatic rings. The smallest absolute Gasteiger partial charge is 0.0850 e. The van der Waals surface area contributed by atoms with Gasteiger partial charge in [0.2, 0.25) is 0 Å². The lowest BCUT2D eigenvalue weighted by molar-refractivity contribution is -0.0407. The van der Waals surface area contributed by atoms with Gasteiger partial charge in [-0.05, 0) is 25.8 Å². The summed E-state index contributed by atoms with van der Waals surface area (Å²) in [5.41, 5.74) is 7.07. The highest BCUT2D eigenvalue weighted by Crippen LogP contribution is 2.16. The fraction of sp³-hybridized carbons (Fsp3) is 0.800. The molecule has 114 valence electrons. The maximum atomic E-state index is 5.93. The molecule has 1 saturated heterocycles. The zero-order valence-electron chi connectivity index (χ0n) is 13.0. The lowest BCUT2D eigenvalue weighted by atomic mass is 10.1. The maximum Gasteiger partial charge on any atom is 0.0850 e. The van der Waals surface area contributed by atoms with Crippen molar-refractivity contribution in [3.63, 3.8) is 0 Å². The van der Waals surface area contributed by atoms with E-state index in [9.17, 15) is 0 Å². The molecule has 2 N–H and O–H groups in total. The zero-order chi connectivity index (χ0) is 14.5. The van der Waals surface area contributed by atoms with Crippen LogP contribution in [0.15, 0.2) is 12.3 Å². The summed E-state index contributed by atoms with van der Waals surface area (Å²) in [6.07, 6.45) is 4.50. The van der Waals surface area contributed by atoms with E-state index in [0.717, 1.165) is 44.8 Å². The van der Waals surface area contributed by atoms with Gasteiger partial charge in [-0.25, -0.2) is 0 Å². The van der Waals surface area contributed by atoms with Crippen LogP contribution in [0.5, 0.6) is 0 Å². The van der Waals surface area contributed by atoms with Crippen molar-refractivity contribution in [1.29, 1.82) is 0 Å². The highest BCUT2D eigenvalue weighted by atomic mass is 16.5. The van der Waals surface area contributed by atoms with Gasteiger partial charge in [0.1, 0.15) is 0 Å². The van der Waals surface area contributed by atoms with E-state index in [-0.39, 0.29) is 12.1 Å². The summed E-state index contributed by atoms with van der Waals surface area (Å²) in [5.74, 6) is 0. The fourth-order valence-corrected chi connectivity index (χ4v) is 2.75. The van der Waals surface area contributed by atoms with Crippen LogP contribution < -0.4 is 5.73 Å². The van der Waals surface area contributed by atoms with Gasteiger partial charge < -0.3 is 10.5 Å². The molecule has 20 heavy (non-hydrogen) atoms. The predicted molar refractivity (Wildman–Crippen MR) is 80.5 cm³/mol. The highest BCUT2D eigenvalue weighted by Gasteiger charge is 2.23. The molecule has 1 aliphatic heterocycles. The molecule has 1 aliphatic rings. The quantitative estimate of drug-likeness (QED) is 0.863. The molecule has 0 bridgehead atoms. The second kappa shape index (κ2) is 7.20. The van der Waals surface area contributed by atoms with Crippen molar-refractivity contribution >= 4 is 0 Å². The van der Waals surface area contributed by atoms with Crippen LogP contribution in [0.2, 0.25) is 0 Å². The molecule has 0 spiro atoms. The van der Waals surface area contributed by atoms with E-state index in [0.29, 0.717) is 6.04 Å². The summed E-state index contributed by atoms with van der Waals surface area (Å²) in [6.45, 7) is 9.95. The molecule has 5 nitrogen and oxygen atoms in total. The monoisotopic (exact) mass is 280 g/mol. The number of ether oxygens (including phenoxy) is 1. The van der Waals surface area contributed by atoms with Crippen molar-refractivity contribution < 1.29 is 4.74 Å². The average molecular weight is 280 g/mol. The van der Waals surface area contributed by atoms with Gasteiger partial charge in [0.25, 0.3) is 0 Å². The van der Waals surface area contributed by atoms with Crippen LogP contribution in [-0.4, -0.2) is 46.5 Å². The summed E-state index contributed by atoms with van der Waals surface area (Å²) in [5, 5.41) is 4.72. The molecule has 0 aromatic carbocycles. The van der Waals surface area contributed by atoms with Gasteiger partial charge in [-0.3, -0.25) is 9.58 Å². The molecule has 0 aliphatic carbocycles. The number of nitrogens with two attached hydrogens (primary N) is 1. The van der Waals surface area contributed by atoms with Gasteiger partial charge in [-0.1, -0.05) is 13.8 Å². The first-order valence-corrected chi connectivity index (χ1v) is 7.77. The van der Waals surface area contributed by atoms with E-state index in [1.54, 1.807) is 0 Å². The normalized spacial score (nSPS) is 22.4. The molecule has 0 saturated carbocycles. The molecule has 5 heteroatoms. The van der Waals surface area contributed by atoms with Crippen molar-refractivity contribution in [1.82, 2.24) is 14.7 Å². The van der Waals surface area contributed by atoms with Crippen molar-refractivity contribution in [2.75, 3.05) is 19.7 Å². The Morgan fingerprint density at radius 2 is 2.20 bits per heavy atom. The van der Waals surface area contributed by atoms with Crippen LogP contribution in [-0.2, 0) is 11.3 Å². The van der Waals surface area contributed by atoms with E-state index in [4.69, 9.17) is 15.6 Å². The Morgan fingerprint density at radius 3 is 2.85 bits per heavy atom. The summed E-state index contributed by atoms with van der Waals surface area (Å²) in [6, 6.07) is 2.74. The zero-order valence-corrected chi connectivity index (χ0v) is 13.0. The standard InChI is InChI=1S/C15H28N4O/c1-4-14(5-2)19-7-6-13(17-19)10-18-8-9-20-15(11-18)12(3)16/h6-7,12,14-15H,4-5,8-11,16H2,1-3H3. The van der Waals surface area contributed by atoms with Gasteiger partial charge >= 0.3 is 0 Å². The van der Waals surface area contributed by atoms with Gasteiger partial charge in [-0.15, -0.1) is 0 Å². The van der Waals surface area contributed by atoms with Crippen LogP contribution in [0.1, 0.15) is 45.3 Å². The number of morpholine rings is 1. The van der Waals surface area contributed by atoms with Crippen LogP contribution >= 0.6 is 0 Å². The molecular formula is C15H28N4O. The molecular weight excluding hydrogens is 252 g/mol. The topological polar surface area (TPSA) is 56.3 Å². The van der Waals surface area contributed by atoms with Crippen molar-refractivity contribution in [3.05, 3.63) is 18.0 Å². The minimum absolute atomic E-state index is 0.0833. The summed E-state index contributed by atoms with van der Waals surface area (Å²) in [4.78, 5) is 2.39. The Bertz CT molecular complexity index is 400. The number of aromatic nitrogens is 2. The van der Waals surface area contributed by atoms with Crippen molar-refractivity contribution in [2.45, 2.75) is 58.3 Å². The SMILES string of the molecule is CCC(CC)n1ccc(CN2CCOC(C(C)N)C2)n1. The van der Waals surface area contributed by atoms with Crippen LogP contribution in [0.25, 0.3) is 0 Å². The molecule has 0 amide bonds.